The Bertz CT molecular complexity index is 780. The van der Waals surface area contributed by atoms with Crippen molar-refractivity contribution in [1.82, 2.24) is 31.1 Å². The van der Waals surface area contributed by atoms with Gasteiger partial charge >= 0.3 is 0 Å². The van der Waals surface area contributed by atoms with Gasteiger partial charge in [-0.05, 0) is 22.6 Å². The largest absolute Gasteiger partial charge is 0.486 e. The normalized spacial score (nSPS) is 12.5. The molecule has 0 bridgehead atoms. The Balaban J connectivity index is 1.65. The van der Waals surface area contributed by atoms with E-state index in [1.165, 1.54) is 4.68 Å². The molecule has 3 rings (SSSR count). The summed E-state index contributed by atoms with van der Waals surface area (Å²) in [4.78, 5) is 22.9. The van der Waals surface area contributed by atoms with Crippen LogP contribution in [0.1, 0.15) is 13.3 Å². The lowest BCUT2D eigenvalue weighted by Gasteiger charge is -2.18. The third-order valence-corrected chi connectivity index (χ3v) is 4.13. The van der Waals surface area contributed by atoms with Crippen molar-refractivity contribution in [2.45, 2.75) is 18.5 Å². The Labute approximate surface area is 147 Å². The Morgan fingerprint density at radius 3 is 2.76 bits per heavy atom. The number of carbonyl (C=O) groups excluding carboxylic acids is 2. The van der Waals surface area contributed by atoms with Gasteiger partial charge in [0.1, 0.15) is 13.2 Å². The van der Waals surface area contributed by atoms with Crippen LogP contribution < -0.4 is 20.3 Å². The monoisotopic (exact) mass is 364 g/mol. The fourth-order valence-electron chi connectivity index (χ4n) is 1.99. The molecule has 0 fully saturated rings. The topological polar surface area (TPSA) is 120 Å². The number of fused-ring (bicyclic) bond motifs is 1. The number of nitrogens with zero attached hydrogens (tertiary/aromatic N) is 4. The zero-order valence-electron chi connectivity index (χ0n) is 13.4. The van der Waals surface area contributed by atoms with Gasteiger partial charge in [-0.15, -0.1) is 5.10 Å². The highest BCUT2D eigenvalue weighted by Crippen LogP contribution is 2.32. The summed E-state index contributed by atoms with van der Waals surface area (Å²) in [6.07, 6.45) is 0.287. The maximum absolute atomic E-state index is 11.7. The van der Waals surface area contributed by atoms with Crippen molar-refractivity contribution in [3.05, 3.63) is 18.2 Å². The molecule has 2 heterocycles. The van der Waals surface area contributed by atoms with Crippen molar-refractivity contribution in [1.29, 1.82) is 0 Å². The molecule has 0 unspecified atom stereocenters. The molecular weight excluding hydrogens is 348 g/mol. The Morgan fingerprint density at radius 2 is 1.96 bits per heavy atom. The van der Waals surface area contributed by atoms with Gasteiger partial charge < -0.3 is 9.47 Å². The highest BCUT2D eigenvalue weighted by molar-refractivity contribution is 7.99. The summed E-state index contributed by atoms with van der Waals surface area (Å²) < 4.78 is 12.5. The van der Waals surface area contributed by atoms with E-state index < -0.39 is 0 Å². The summed E-state index contributed by atoms with van der Waals surface area (Å²) in [6, 6.07) is 5.36. The molecule has 2 N–H and O–H groups in total. The fourth-order valence-corrected chi connectivity index (χ4v) is 2.68. The smallest absolute Gasteiger partial charge is 0.248 e. The molecule has 2 amide bonds. The second-order valence-corrected chi connectivity index (χ2v) is 5.88. The van der Waals surface area contributed by atoms with E-state index in [-0.39, 0.29) is 24.0 Å². The number of hydrogen-bond donors (Lipinski definition) is 2. The van der Waals surface area contributed by atoms with Crippen molar-refractivity contribution in [3.8, 4) is 17.2 Å². The van der Waals surface area contributed by atoms with Gasteiger partial charge in [0.25, 0.3) is 0 Å². The van der Waals surface area contributed by atoms with E-state index in [0.717, 1.165) is 11.8 Å². The van der Waals surface area contributed by atoms with Crippen LogP contribution in [0.25, 0.3) is 5.69 Å². The van der Waals surface area contributed by atoms with E-state index in [9.17, 15) is 9.59 Å². The van der Waals surface area contributed by atoms with Gasteiger partial charge in [-0.3, -0.25) is 20.4 Å². The SMILES string of the molecule is CCC(=O)NNC(=O)CSc1nnnn1-c1ccc2c(c1)OCCO2. The number of amides is 2. The maximum atomic E-state index is 11.7. The highest BCUT2D eigenvalue weighted by atomic mass is 32.2. The molecule has 0 spiro atoms. The molecule has 0 atom stereocenters. The number of tetrazole rings is 1. The Morgan fingerprint density at radius 1 is 1.20 bits per heavy atom. The third-order valence-electron chi connectivity index (χ3n) is 3.21. The summed E-state index contributed by atoms with van der Waals surface area (Å²) >= 11 is 1.14. The molecule has 1 aliphatic rings. The standard InChI is InChI=1S/C14H16N6O4S/c1-2-12(21)15-16-13(22)8-25-14-17-18-19-20(14)9-3-4-10-11(7-9)24-6-5-23-10/h3-4,7H,2,5-6,8H2,1H3,(H,15,21)(H,16,22). The lowest BCUT2D eigenvalue weighted by molar-refractivity contribution is -0.127. The number of rotatable bonds is 5. The number of aromatic nitrogens is 4. The summed E-state index contributed by atoms with van der Waals surface area (Å²) in [7, 11) is 0. The summed E-state index contributed by atoms with van der Waals surface area (Å²) in [6.45, 7) is 2.69. The zero-order valence-corrected chi connectivity index (χ0v) is 14.2. The average molecular weight is 364 g/mol. The lowest BCUT2D eigenvalue weighted by Crippen LogP contribution is -2.42. The molecule has 25 heavy (non-hydrogen) atoms. The number of nitrogens with one attached hydrogen (secondary N) is 2. The molecule has 1 aromatic carbocycles. The van der Waals surface area contributed by atoms with Crippen molar-refractivity contribution in [3.63, 3.8) is 0 Å². The molecule has 2 aromatic rings. The maximum Gasteiger partial charge on any atom is 0.248 e. The van der Waals surface area contributed by atoms with Crippen LogP contribution >= 0.6 is 11.8 Å². The predicted octanol–water partition coefficient (Wildman–Crippen LogP) is 0.0830. The molecule has 0 saturated heterocycles. The van der Waals surface area contributed by atoms with Gasteiger partial charge in [-0.1, -0.05) is 18.7 Å². The van der Waals surface area contributed by atoms with Gasteiger partial charge in [0.2, 0.25) is 17.0 Å². The first kappa shape index (κ1) is 17.0. The van der Waals surface area contributed by atoms with Crippen LogP contribution in [0.5, 0.6) is 11.5 Å². The van der Waals surface area contributed by atoms with E-state index in [1.54, 1.807) is 25.1 Å². The van der Waals surface area contributed by atoms with Crippen LogP contribution in [0.3, 0.4) is 0 Å². The number of hydrazine groups is 1. The van der Waals surface area contributed by atoms with Crippen LogP contribution in [0.2, 0.25) is 0 Å². The lowest BCUT2D eigenvalue weighted by atomic mass is 10.2. The average Bonchev–Trinajstić information content (AvgIpc) is 3.12. The molecule has 0 aliphatic carbocycles. The molecule has 1 aromatic heterocycles. The van der Waals surface area contributed by atoms with E-state index in [0.29, 0.717) is 35.6 Å². The Hall–Kier alpha value is -2.82. The Kier molecular flexibility index (Phi) is 5.33. The molecule has 10 nitrogen and oxygen atoms in total. The van der Waals surface area contributed by atoms with Gasteiger partial charge in [0.05, 0.1) is 11.4 Å². The van der Waals surface area contributed by atoms with Crippen molar-refractivity contribution in [2.75, 3.05) is 19.0 Å². The minimum Gasteiger partial charge on any atom is -0.486 e. The van der Waals surface area contributed by atoms with E-state index in [2.05, 4.69) is 26.4 Å². The van der Waals surface area contributed by atoms with Crippen molar-refractivity contribution in [2.24, 2.45) is 0 Å². The second kappa shape index (κ2) is 7.83. The number of benzene rings is 1. The summed E-state index contributed by atoms with van der Waals surface area (Å²) in [5, 5.41) is 11.9. The molecule has 0 radical (unpaired) electrons. The minimum atomic E-state index is -0.358. The first-order chi connectivity index (χ1) is 12.2. The van der Waals surface area contributed by atoms with Gasteiger partial charge in [-0.25, -0.2) is 0 Å². The summed E-state index contributed by atoms with van der Waals surface area (Å²) in [5.41, 5.74) is 5.32. The van der Waals surface area contributed by atoms with Crippen LogP contribution in [0, 0.1) is 0 Å². The predicted molar refractivity (Wildman–Crippen MR) is 87.4 cm³/mol. The first-order valence-corrected chi connectivity index (χ1v) is 8.55. The van der Waals surface area contributed by atoms with Crippen LogP contribution in [-0.4, -0.2) is 51.0 Å². The van der Waals surface area contributed by atoms with Crippen molar-refractivity contribution >= 4 is 23.6 Å². The number of carbonyl (C=O) groups is 2. The van der Waals surface area contributed by atoms with Gasteiger partial charge in [0, 0.05) is 12.5 Å². The van der Waals surface area contributed by atoms with E-state index in [4.69, 9.17) is 9.47 Å². The van der Waals surface area contributed by atoms with E-state index in [1.807, 2.05) is 0 Å². The summed E-state index contributed by atoms with van der Waals surface area (Å²) in [5.74, 6) is 0.719. The van der Waals surface area contributed by atoms with Crippen LogP contribution in [0.15, 0.2) is 23.4 Å². The fraction of sp³-hybridized carbons (Fsp3) is 0.357. The number of thioether (sulfide) groups is 1. The number of ether oxygens (including phenoxy) is 2. The molecular formula is C14H16N6O4S. The zero-order chi connectivity index (χ0) is 17.6. The van der Waals surface area contributed by atoms with Gasteiger partial charge in [-0.2, -0.15) is 4.68 Å². The van der Waals surface area contributed by atoms with Crippen LogP contribution in [-0.2, 0) is 9.59 Å². The molecule has 0 saturated carbocycles. The van der Waals surface area contributed by atoms with Gasteiger partial charge in [0.15, 0.2) is 11.5 Å². The second-order valence-electron chi connectivity index (χ2n) is 4.94. The molecule has 132 valence electrons. The third kappa shape index (κ3) is 4.18. The van der Waals surface area contributed by atoms with E-state index >= 15 is 0 Å². The quantitative estimate of drug-likeness (QED) is 0.565. The minimum absolute atomic E-state index is 0.0505. The van der Waals surface area contributed by atoms with Crippen molar-refractivity contribution < 1.29 is 19.1 Å². The highest BCUT2D eigenvalue weighted by Gasteiger charge is 2.16. The number of hydrogen-bond acceptors (Lipinski definition) is 8. The van der Waals surface area contributed by atoms with Crippen LogP contribution in [0.4, 0.5) is 0 Å². The molecule has 11 heteroatoms. The first-order valence-electron chi connectivity index (χ1n) is 7.56. The molecule has 1 aliphatic heterocycles.